The predicted molar refractivity (Wildman–Crippen MR) is 122 cm³/mol. The van der Waals surface area contributed by atoms with Gasteiger partial charge in [0.2, 0.25) is 5.95 Å². The van der Waals surface area contributed by atoms with Gasteiger partial charge in [-0.3, -0.25) is 0 Å². The van der Waals surface area contributed by atoms with E-state index in [2.05, 4.69) is 25.9 Å². The van der Waals surface area contributed by atoms with Gasteiger partial charge in [0.25, 0.3) is 0 Å². The zero-order valence-corrected chi connectivity index (χ0v) is 18.0. The van der Waals surface area contributed by atoms with Crippen LogP contribution in [-0.4, -0.2) is 45.2 Å². The molecule has 3 aromatic rings. The van der Waals surface area contributed by atoms with Gasteiger partial charge >= 0.3 is 0 Å². The SMILES string of the molecule is CNc1ccc(-c2cnc(Nc3ccc(S(C)(=N)=O)cc3)nc2N[C@H](C)CO)cc1. The molecule has 0 saturated carbocycles. The normalized spacial score (nSPS) is 13.9. The third kappa shape index (κ3) is 5.25. The topological polar surface area (TPSA) is 123 Å². The second-order valence-corrected chi connectivity index (χ2v) is 9.16. The molecule has 8 nitrogen and oxygen atoms in total. The first kappa shape index (κ1) is 21.5. The van der Waals surface area contributed by atoms with Gasteiger partial charge in [-0.15, -0.1) is 0 Å². The summed E-state index contributed by atoms with van der Waals surface area (Å²) in [6.07, 6.45) is 3.12. The smallest absolute Gasteiger partial charge is 0.229 e. The van der Waals surface area contributed by atoms with Crippen molar-refractivity contribution in [2.45, 2.75) is 17.9 Å². The van der Waals surface area contributed by atoms with Crippen molar-refractivity contribution in [1.82, 2.24) is 9.97 Å². The maximum Gasteiger partial charge on any atom is 0.229 e. The van der Waals surface area contributed by atoms with E-state index < -0.39 is 9.73 Å². The van der Waals surface area contributed by atoms with Crippen LogP contribution >= 0.6 is 0 Å². The Labute approximate surface area is 176 Å². The fourth-order valence-corrected chi connectivity index (χ4v) is 3.44. The Balaban J connectivity index is 1.91. The van der Waals surface area contributed by atoms with Crippen molar-refractivity contribution in [2.24, 2.45) is 0 Å². The van der Waals surface area contributed by atoms with Crippen LogP contribution in [0.15, 0.2) is 59.6 Å². The van der Waals surface area contributed by atoms with E-state index in [-0.39, 0.29) is 12.6 Å². The number of benzene rings is 2. The Morgan fingerprint density at radius 3 is 2.30 bits per heavy atom. The number of aliphatic hydroxyl groups excluding tert-OH is 1. The lowest BCUT2D eigenvalue weighted by Gasteiger charge is -2.17. The van der Waals surface area contributed by atoms with Crippen LogP contribution in [0.1, 0.15) is 6.92 Å². The molecule has 1 unspecified atom stereocenters. The number of rotatable bonds is 8. The molecule has 0 saturated heterocycles. The summed E-state index contributed by atoms with van der Waals surface area (Å²) >= 11 is 0. The van der Waals surface area contributed by atoms with Gasteiger partial charge in [-0.1, -0.05) is 12.1 Å². The van der Waals surface area contributed by atoms with Crippen molar-refractivity contribution < 1.29 is 9.32 Å². The van der Waals surface area contributed by atoms with Gasteiger partial charge < -0.3 is 21.1 Å². The van der Waals surface area contributed by atoms with E-state index in [0.717, 1.165) is 22.5 Å². The molecule has 9 heteroatoms. The summed E-state index contributed by atoms with van der Waals surface area (Å²) in [6.45, 7) is 1.83. The second-order valence-electron chi connectivity index (χ2n) is 7.00. The van der Waals surface area contributed by atoms with Crippen LogP contribution in [0.25, 0.3) is 11.1 Å². The zero-order chi connectivity index (χ0) is 21.7. The minimum atomic E-state index is -2.75. The summed E-state index contributed by atoms with van der Waals surface area (Å²) in [7, 11) is -0.889. The highest BCUT2D eigenvalue weighted by Crippen LogP contribution is 2.29. The molecule has 1 heterocycles. The molecule has 1 aromatic heterocycles. The Morgan fingerprint density at radius 2 is 1.73 bits per heavy atom. The largest absolute Gasteiger partial charge is 0.394 e. The molecule has 0 amide bonds. The molecule has 0 aliphatic heterocycles. The average molecular weight is 427 g/mol. The number of aliphatic hydroxyl groups is 1. The van der Waals surface area contributed by atoms with Crippen LogP contribution in [0.5, 0.6) is 0 Å². The molecule has 0 radical (unpaired) electrons. The molecule has 2 atom stereocenters. The van der Waals surface area contributed by atoms with Crippen molar-refractivity contribution in [3.63, 3.8) is 0 Å². The zero-order valence-electron chi connectivity index (χ0n) is 17.1. The quantitative estimate of drug-likeness (QED) is 0.372. The molecule has 3 rings (SSSR count). The third-order valence-electron chi connectivity index (χ3n) is 4.49. The fourth-order valence-electron chi connectivity index (χ4n) is 2.79. The molecule has 0 fully saturated rings. The number of hydrogen-bond acceptors (Lipinski definition) is 8. The van der Waals surface area contributed by atoms with E-state index in [4.69, 9.17) is 4.78 Å². The number of anilines is 4. The summed E-state index contributed by atoms with van der Waals surface area (Å²) in [5.74, 6) is 0.986. The predicted octanol–water partition coefficient (Wildman–Crippen LogP) is 3.76. The van der Waals surface area contributed by atoms with Crippen LogP contribution < -0.4 is 16.0 Å². The maximum atomic E-state index is 11.8. The van der Waals surface area contributed by atoms with Crippen LogP contribution in [0.2, 0.25) is 0 Å². The van der Waals surface area contributed by atoms with E-state index in [1.807, 2.05) is 38.2 Å². The summed E-state index contributed by atoms with van der Waals surface area (Å²) in [4.78, 5) is 9.48. The number of aromatic nitrogens is 2. The maximum absolute atomic E-state index is 11.8. The van der Waals surface area contributed by atoms with Gasteiger partial charge in [0.1, 0.15) is 5.82 Å². The molecule has 0 spiro atoms. The van der Waals surface area contributed by atoms with Crippen LogP contribution in [-0.2, 0) is 9.73 Å². The summed E-state index contributed by atoms with van der Waals surface area (Å²) in [5.41, 5.74) is 3.49. The van der Waals surface area contributed by atoms with Gasteiger partial charge in [0.15, 0.2) is 0 Å². The van der Waals surface area contributed by atoms with Crippen molar-refractivity contribution in [3.05, 3.63) is 54.7 Å². The van der Waals surface area contributed by atoms with E-state index in [0.29, 0.717) is 16.7 Å². The van der Waals surface area contributed by atoms with Gasteiger partial charge in [-0.2, -0.15) is 4.98 Å². The van der Waals surface area contributed by atoms with Gasteiger partial charge in [-0.05, 0) is 48.9 Å². The molecule has 5 N–H and O–H groups in total. The average Bonchev–Trinajstić information content (AvgIpc) is 2.74. The van der Waals surface area contributed by atoms with E-state index in [9.17, 15) is 9.32 Å². The molecule has 2 aromatic carbocycles. The first-order valence-corrected chi connectivity index (χ1v) is 11.4. The van der Waals surface area contributed by atoms with Crippen LogP contribution in [0.3, 0.4) is 0 Å². The molecular weight excluding hydrogens is 400 g/mol. The highest BCUT2D eigenvalue weighted by atomic mass is 32.2. The van der Waals surface area contributed by atoms with E-state index in [1.54, 1.807) is 30.5 Å². The van der Waals surface area contributed by atoms with Crippen molar-refractivity contribution >= 4 is 32.9 Å². The number of hydrogen-bond donors (Lipinski definition) is 5. The molecule has 158 valence electrons. The summed E-state index contributed by atoms with van der Waals surface area (Å²) in [6, 6.07) is 14.5. The van der Waals surface area contributed by atoms with Crippen molar-refractivity contribution in [2.75, 3.05) is 35.9 Å². The fraction of sp³-hybridized carbons (Fsp3) is 0.238. The standard InChI is InChI=1S/C21H26N6O2S/c1-14(13-28)25-20-19(15-4-6-16(23-2)7-5-15)12-24-21(27-20)26-17-8-10-18(11-9-17)30(3,22)29/h4-12,14,22-23,28H,13H2,1-3H3,(H2,24,25,26,27)/t14-,30?/m1/s1. The summed E-state index contributed by atoms with van der Waals surface area (Å²) < 4.78 is 19.5. The van der Waals surface area contributed by atoms with Crippen LogP contribution in [0, 0.1) is 4.78 Å². The van der Waals surface area contributed by atoms with Crippen molar-refractivity contribution in [3.8, 4) is 11.1 Å². The Bertz CT molecular complexity index is 1100. The Hall–Kier alpha value is -3.17. The number of nitrogens with zero attached hydrogens (tertiary/aromatic N) is 2. The Morgan fingerprint density at radius 1 is 1.10 bits per heavy atom. The number of nitrogens with one attached hydrogen (secondary N) is 4. The highest BCUT2D eigenvalue weighted by molar-refractivity contribution is 7.91. The lowest BCUT2D eigenvalue weighted by atomic mass is 10.1. The summed E-state index contributed by atoms with van der Waals surface area (Å²) in [5, 5.41) is 18.9. The first-order valence-electron chi connectivity index (χ1n) is 9.43. The first-order chi connectivity index (χ1) is 14.3. The monoisotopic (exact) mass is 426 g/mol. The molecule has 0 aliphatic carbocycles. The van der Waals surface area contributed by atoms with Gasteiger partial charge in [0, 0.05) is 47.4 Å². The molecule has 30 heavy (non-hydrogen) atoms. The molecule has 0 aliphatic rings. The second kappa shape index (κ2) is 9.10. The lowest BCUT2D eigenvalue weighted by Crippen LogP contribution is -2.21. The molecule has 0 bridgehead atoms. The van der Waals surface area contributed by atoms with Gasteiger partial charge in [0.05, 0.1) is 16.3 Å². The highest BCUT2D eigenvalue weighted by Gasteiger charge is 2.12. The van der Waals surface area contributed by atoms with Gasteiger partial charge in [-0.25, -0.2) is 14.0 Å². The van der Waals surface area contributed by atoms with Crippen LogP contribution in [0.4, 0.5) is 23.1 Å². The third-order valence-corrected chi connectivity index (χ3v) is 5.66. The minimum Gasteiger partial charge on any atom is -0.394 e. The van der Waals surface area contributed by atoms with E-state index >= 15 is 0 Å². The lowest BCUT2D eigenvalue weighted by molar-refractivity contribution is 0.281. The molecular formula is C21H26N6O2S. The van der Waals surface area contributed by atoms with E-state index in [1.165, 1.54) is 6.26 Å². The Kier molecular flexibility index (Phi) is 6.53. The minimum absolute atomic E-state index is 0.0320. The van der Waals surface area contributed by atoms with Crippen molar-refractivity contribution in [1.29, 1.82) is 4.78 Å².